The van der Waals surface area contributed by atoms with Crippen molar-refractivity contribution in [2.45, 2.75) is 19.7 Å². The van der Waals surface area contributed by atoms with Crippen molar-refractivity contribution >= 4 is 39.7 Å². The van der Waals surface area contributed by atoms with Crippen LogP contribution in [0.4, 0.5) is 0 Å². The van der Waals surface area contributed by atoms with E-state index in [1.807, 2.05) is 24.3 Å². The fourth-order valence-corrected chi connectivity index (χ4v) is 4.22. The van der Waals surface area contributed by atoms with Gasteiger partial charge in [0.2, 0.25) is 6.79 Å². The van der Waals surface area contributed by atoms with E-state index in [-0.39, 0.29) is 19.2 Å². The molecule has 0 unspecified atom stereocenters. The molecule has 0 aliphatic carbocycles. The number of halogens is 2. The third-order valence-corrected chi connectivity index (χ3v) is 5.78. The second-order valence-electron chi connectivity index (χ2n) is 6.27. The summed E-state index contributed by atoms with van der Waals surface area (Å²) in [6.45, 7) is 2.26. The lowest BCUT2D eigenvalue weighted by Gasteiger charge is -2.15. The molecule has 1 aliphatic rings. The first-order valence-electron chi connectivity index (χ1n) is 8.84. The summed E-state index contributed by atoms with van der Waals surface area (Å²) in [4.78, 5) is 1.31. The van der Waals surface area contributed by atoms with Gasteiger partial charge in [-0.05, 0) is 62.8 Å². The first-order valence-corrected chi connectivity index (χ1v) is 10.5. The molecule has 154 valence electrons. The first-order chi connectivity index (χ1) is 13.7. The van der Waals surface area contributed by atoms with Crippen LogP contribution in [0.2, 0.25) is 0 Å². The summed E-state index contributed by atoms with van der Waals surface area (Å²) in [5.74, 6) is 2.89. The van der Waals surface area contributed by atoms with Gasteiger partial charge in [0.15, 0.2) is 23.0 Å². The standard InChI is InChI=1S/C21H20BrNO4S.ClH/c1-24-20-9-15(10-23-11-16-3-2-6-28-16)7-17(22)21(20)25-12-14-4-5-18-19(8-14)27-13-26-18;/h2-9,23H,10-13H2,1H3;1H. The Labute approximate surface area is 188 Å². The molecule has 0 saturated heterocycles. The van der Waals surface area contributed by atoms with Gasteiger partial charge in [-0.25, -0.2) is 0 Å². The van der Waals surface area contributed by atoms with Gasteiger partial charge in [-0.2, -0.15) is 0 Å². The second kappa shape index (κ2) is 10.2. The topological polar surface area (TPSA) is 49.0 Å². The van der Waals surface area contributed by atoms with Crippen LogP contribution in [0.5, 0.6) is 23.0 Å². The fraction of sp³-hybridized carbons (Fsp3) is 0.238. The predicted molar refractivity (Wildman–Crippen MR) is 120 cm³/mol. The lowest BCUT2D eigenvalue weighted by Crippen LogP contribution is -2.12. The van der Waals surface area contributed by atoms with E-state index in [1.54, 1.807) is 18.4 Å². The molecule has 29 heavy (non-hydrogen) atoms. The number of ether oxygens (including phenoxy) is 4. The van der Waals surface area contributed by atoms with Crippen LogP contribution < -0.4 is 24.3 Å². The van der Waals surface area contributed by atoms with Gasteiger partial charge in [-0.3, -0.25) is 0 Å². The number of nitrogens with one attached hydrogen (secondary N) is 1. The van der Waals surface area contributed by atoms with Crippen LogP contribution >= 0.6 is 39.7 Å². The fourth-order valence-electron chi connectivity index (χ4n) is 2.94. The number of hydrogen-bond donors (Lipinski definition) is 1. The zero-order chi connectivity index (χ0) is 19.3. The Morgan fingerprint density at radius 1 is 1.07 bits per heavy atom. The predicted octanol–water partition coefficient (Wildman–Crippen LogP) is 5.54. The van der Waals surface area contributed by atoms with Gasteiger partial charge in [0, 0.05) is 18.0 Å². The maximum atomic E-state index is 6.04. The van der Waals surface area contributed by atoms with Gasteiger partial charge < -0.3 is 24.3 Å². The average Bonchev–Trinajstić information content (AvgIpc) is 3.38. The average molecular weight is 499 g/mol. The quantitative estimate of drug-likeness (QED) is 0.442. The maximum Gasteiger partial charge on any atom is 0.231 e. The minimum absolute atomic E-state index is 0. The Kier molecular flexibility index (Phi) is 7.66. The molecule has 2 aromatic carbocycles. The molecule has 0 bridgehead atoms. The molecular formula is C21H21BrClNO4S. The molecule has 1 aliphatic heterocycles. The van der Waals surface area contributed by atoms with Crippen molar-refractivity contribution in [2.24, 2.45) is 0 Å². The highest BCUT2D eigenvalue weighted by Crippen LogP contribution is 2.38. The molecular weight excluding hydrogens is 478 g/mol. The van der Waals surface area contributed by atoms with Crippen LogP contribution in [0.25, 0.3) is 0 Å². The number of hydrogen-bond acceptors (Lipinski definition) is 6. The largest absolute Gasteiger partial charge is 0.493 e. The summed E-state index contributed by atoms with van der Waals surface area (Å²) in [6, 6.07) is 14.0. The monoisotopic (exact) mass is 497 g/mol. The summed E-state index contributed by atoms with van der Waals surface area (Å²) < 4.78 is 23.2. The van der Waals surface area contributed by atoms with Gasteiger partial charge in [-0.1, -0.05) is 12.1 Å². The highest BCUT2D eigenvalue weighted by molar-refractivity contribution is 9.10. The van der Waals surface area contributed by atoms with Crippen molar-refractivity contribution in [2.75, 3.05) is 13.9 Å². The van der Waals surface area contributed by atoms with Crippen molar-refractivity contribution in [1.29, 1.82) is 0 Å². The zero-order valence-electron chi connectivity index (χ0n) is 15.8. The summed E-state index contributed by atoms with van der Waals surface area (Å²) in [6.07, 6.45) is 0. The lowest BCUT2D eigenvalue weighted by atomic mass is 10.2. The van der Waals surface area contributed by atoms with E-state index in [9.17, 15) is 0 Å². The number of rotatable bonds is 8. The third kappa shape index (κ3) is 5.36. The molecule has 0 fully saturated rings. The van der Waals surface area contributed by atoms with Crippen LogP contribution in [-0.2, 0) is 19.7 Å². The molecule has 2 heterocycles. The van der Waals surface area contributed by atoms with E-state index in [2.05, 4.69) is 44.8 Å². The van der Waals surface area contributed by atoms with Crippen LogP contribution in [0.1, 0.15) is 16.0 Å². The minimum Gasteiger partial charge on any atom is -0.493 e. The molecule has 4 rings (SSSR count). The number of methoxy groups -OCH3 is 1. The van der Waals surface area contributed by atoms with E-state index in [1.165, 1.54) is 4.88 Å². The maximum absolute atomic E-state index is 6.04. The number of fused-ring (bicyclic) bond motifs is 1. The van der Waals surface area contributed by atoms with Crippen molar-refractivity contribution in [3.8, 4) is 23.0 Å². The van der Waals surface area contributed by atoms with Crippen LogP contribution in [0.3, 0.4) is 0 Å². The molecule has 0 radical (unpaired) electrons. The van der Waals surface area contributed by atoms with Crippen molar-refractivity contribution in [1.82, 2.24) is 5.32 Å². The minimum atomic E-state index is 0. The van der Waals surface area contributed by atoms with Crippen LogP contribution in [0, 0.1) is 0 Å². The highest BCUT2D eigenvalue weighted by atomic mass is 79.9. The van der Waals surface area contributed by atoms with Crippen molar-refractivity contribution < 1.29 is 18.9 Å². The summed E-state index contributed by atoms with van der Waals surface area (Å²) in [5, 5.41) is 5.54. The van der Waals surface area contributed by atoms with Gasteiger partial charge in [0.05, 0.1) is 11.6 Å². The second-order valence-corrected chi connectivity index (χ2v) is 8.15. The van der Waals surface area contributed by atoms with E-state index in [0.717, 1.165) is 40.2 Å². The van der Waals surface area contributed by atoms with Gasteiger partial charge in [0.25, 0.3) is 0 Å². The Bertz CT molecular complexity index is 952. The van der Waals surface area contributed by atoms with E-state index >= 15 is 0 Å². The normalized spacial score (nSPS) is 11.8. The Hall–Kier alpha value is -1.93. The SMILES string of the molecule is COc1cc(CNCc2cccs2)cc(Br)c1OCc1ccc2c(c1)OCO2.Cl. The summed E-state index contributed by atoms with van der Waals surface area (Å²) >= 11 is 5.37. The molecule has 0 spiro atoms. The van der Waals surface area contributed by atoms with Gasteiger partial charge in [-0.15, -0.1) is 23.7 Å². The molecule has 8 heteroatoms. The molecule has 5 nitrogen and oxygen atoms in total. The molecule has 3 aromatic rings. The Balaban J connectivity index is 0.00000240. The Morgan fingerprint density at radius 3 is 2.72 bits per heavy atom. The van der Waals surface area contributed by atoms with Crippen molar-refractivity contribution in [3.63, 3.8) is 0 Å². The molecule has 0 amide bonds. The molecule has 0 atom stereocenters. The number of benzene rings is 2. The summed E-state index contributed by atoms with van der Waals surface area (Å²) in [5.41, 5.74) is 2.12. The van der Waals surface area contributed by atoms with Crippen molar-refractivity contribution in [3.05, 3.63) is 68.3 Å². The third-order valence-electron chi connectivity index (χ3n) is 4.32. The molecule has 1 aromatic heterocycles. The zero-order valence-corrected chi connectivity index (χ0v) is 19.0. The van der Waals surface area contributed by atoms with E-state index in [0.29, 0.717) is 18.1 Å². The van der Waals surface area contributed by atoms with E-state index in [4.69, 9.17) is 18.9 Å². The first kappa shape index (κ1) is 21.8. The smallest absolute Gasteiger partial charge is 0.231 e. The highest BCUT2D eigenvalue weighted by Gasteiger charge is 2.15. The van der Waals surface area contributed by atoms with Gasteiger partial charge in [0.1, 0.15) is 6.61 Å². The van der Waals surface area contributed by atoms with Crippen LogP contribution in [0.15, 0.2) is 52.3 Å². The van der Waals surface area contributed by atoms with Crippen LogP contribution in [-0.4, -0.2) is 13.9 Å². The lowest BCUT2D eigenvalue weighted by molar-refractivity contribution is 0.174. The number of thiophene rings is 1. The Morgan fingerprint density at radius 2 is 1.93 bits per heavy atom. The van der Waals surface area contributed by atoms with E-state index < -0.39 is 0 Å². The molecule has 1 N–H and O–H groups in total. The van der Waals surface area contributed by atoms with Gasteiger partial charge >= 0.3 is 0 Å². The molecule has 0 saturated carbocycles. The summed E-state index contributed by atoms with van der Waals surface area (Å²) in [7, 11) is 1.65.